The van der Waals surface area contributed by atoms with E-state index >= 15 is 0 Å². The van der Waals surface area contributed by atoms with Crippen LogP contribution < -0.4 is 10.2 Å². The number of hydrogen-bond acceptors (Lipinski definition) is 5. The van der Waals surface area contributed by atoms with Crippen LogP contribution in [0.25, 0.3) is 0 Å². The number of anilines is 1. The maximum atomic E-state index is 12.9. The van der Waals surface area contributed by atoms with Gasteiger partial charge in [0.15, 0.2) is 0 Å². The zero-order valence-electron chi connectivity index (χ0n) is 15.6. The van der Waals surface area contributed by atoms with Gasteiger partial charge in [-0.2, -0.15) is 5.10 Å². The lowest BCUT2D eigenvalue weighted by Gasteiger charge is -2.20. The molecule has 0 bridgehead atoms. The van der Waals surface area contributed by atoms with Gasteiger partial charge >= 0.3 is 0 Å². The van der Waals surface area contributed by atoms with E-state index in [4.69, 9.17) is 4.74 Å². The smallest absolute Gasteiger partial charge is 0.270 e. The normalized spacial score (nSPS) is 10.9. The molecule has 0 saturated heterocycles. The van der Waals surface area contributed by atoms with E-state index in [9.17, 15) is 4.79 Å². The van der Waals surface area contributed by atoms with Crippen molar-refractivity contribution in [2.24, 2.45) is 5.10 Å². The summed E-state index contributed by atoms with van der Waals surface area (Å²) in [5.41, 5.74) is 4.25. The molecular weight excluding hydrogens is 358 g/mol. The Bertz CT molecular complexity index is 757. The molecule has 0 aliphatic carbocycles. The Balaban J connectivity index is 2.16. The van der Waals surface area contributed by atoms with Gasteiger partial charge in [0, 0.05) is 24.4 Å². The first-order chi connectivity index (χ1) is 13.2. The highest BCUT2D eigenvalue weighted by Gasteiger charge is 2.18. The van der Waals surface area contributed by atoms with Crippen LogP contribution in [-0.4, -0.2) is 36.7 Å². The molecule has 1 N–H and O–H groups in total. The third-order valence-electron chi connectivity index (χ3n) is 3.83. The number of hydrazone groups is 1. The monoisotopic (exact) mass is 383 g/mol. The van der Waals surface area contributed by atoms with Crippen LogP contribution in [0, 0.1) is 0 Å². The number of benzene rings is 1. The molecule has 0 unspecified atom stereocenters. The summed E-state index contributed by atoms with van der Waals surface area (Å²) in [6.45, 7) is 8.35. The van der Waals surface area contributed by atoms with E-state index in [-0.39, 0.29) is 5.91 Å². The van der Waals surface area contributed by atoms with Crippen LogP contribution in [0.2, 0.25) is 0 Å². The summed E-state index contributed by atoms with van der Waals surface area (Å²) >= 11 is 1.68. The number of thiophene rings is 1. The molecule has 27 heavy (non-hydrogen) atoms. The summed E-state index contributed by atoms with van der Waals surface area (Å²) < 4.78 is 5.16. The van der Waals surface area contributed by atoms with Crippen molar-refractivity contribution in [1.29, 1.82) is 0 Å². The van der Waals surface area contributed by atoms with Crippen molar-refractivity contribution in [3.05, 3.63) is 72.0 Å². The number of rotatable bonds is 11. The molecule has 142 valence electrons. The largest absolute Gasteiger partial charge is 0.497 e. The molecule has 1 aromatic carbocycles. The second-order valence-electron chi connectivity index (χ2n) is 5.77. The average molecular weight is 384 g/mol. The maximum Gasteiger partial charge on any atom is 0.270 e. The van der Waals surface area contributed by atoms with Crippen LogP contribution in [0.15, 0.2) is 72.2 Å². The van der Waals surface area contributed by atoms with E-state index in [1.807, 2.05) is 35.7 Å². The van der Waals surface area contributed by atoms with E-state index < -0.39 is 0 Å². The number of carbonyl (C=O) groups excluding carboxylic acids is 1. The van der Waals surface area contributed by atoms with Gasteiger partial charge in [-0.25, -0.2) is 0 Å². The Hall–Kier alpha value is -2.86. The number of carbonyl (C=O) groups is 1. The summed E-state index contributed by atoms with van der Waals surface area (Å²) in [5, 5.41) is 6.44. The number of aryl methyl sites for hydroxylation is 1. The van der Waals surface area contributed by atoms with Crippen LogP contribution in [-0.2, 0) is 11.2 Å². The van der Waals surface area contributed by atoms with Gasteiger partial charge in [-0.15, -0.1) is 24.5 Å². The molecule has 2 aromatic rings. The Morgan fingerprint density at radius 3 is 2.48 bits per heavy atom. The third kappa shape index (κ3) is 6.42. The van der Waals surface area contributed by atoms with Gasteiger partial charge in [0.25, 0.3) is 5.91 Å². The molecule has 0 aliphatic rings. The maximum absolute atomic E-state index is 12.9. The molecule has 0 aliphatic heterocycles. The fourth-order valence-corrected chi connectivity index (χ4v) is 3.15. The predicted molar refractivity (Wildman–Crippen MR) is 114 cm³/mol. The van der Waals surface area contributed by atoms with Gasteiger partial charge in [-0.3, -0.25) is 10.2 Å². The molecule has 6 heteroatoms. The van der Waals surface area contributed by atoms with Crippen LogP contribution in [0.1, 0.15) is 11.3 Å². The molecular formula is C21H25N3O2S. The first-order valence-electron chi connectivity index (χ1n) is 8.68. The number of nitrogens with one attached hydrogen (secondary N) is 1. The molecule has 0 fully saturated rings. The fraction of sp³-hybridized carbons (Fsp3) is 0.238. The van der Waals surface area contributed by atoms with Crippen molar-refractivity contribution in [1.82, 2.24) is 4.90 Å². The Morgan fingerprint density at radius 1 is 1.22 bits per heavy atom. The third-order valence-corrected chi connectivity index (χ3v) is 4.77. The highest BCUT2D eigenvalue weighted by molar-refractivity contribution is 7.09. The molecule has 1 heterocycles. The SMILES string of the molecule is C=CCN(CC=C)C(=O)/C(CCc1cccs1)=N/Nc1ccc(OC)cc1. The van der Waals surface area contributed by atoms with Crippen LogP contribution in [0.4, 0.5) is 5.69 Å². The highest BCUT2D eigenvalue weighted by Crippen LogP contribution is 2.16. The van der Waals surface area contributed by atoms with Gasteiger partial charge < -0.3 is 9.64 Å². The second kappa shape index (κ2) is 11.0. The van der Waals surface area contributed by atoms with Gasteiger partial charge in [0.2, 0.25) is 0 Å². The predicted octanol–water partition coefficient (Wildman–Crippen LogP) is 4.36. The van der Waals surface area contributed by atoms with Crippen molar-refractivity contribution in [3.63, 3.8) is 0 Å². The zero-order valence-corrected chi connectivity index (χ0v) is 16.4. The summed E-state index contributed by atoms with van der Waals surface area (Å²) in [6.07, 6.45) is 4.72. The highest BCUT2D eigenvalue weighted by atomic mass is 32.1. The number of amides is 1. The standard InChI is InChI=1S/C21H25N3O2S/c1-4-14-24(15-5-2)21(25)20(13-12-19-7-6-16-27-19)23-22-17-8-10-18(26-3)11-9-17/h4-11,16,22H,1-2,12-15H2,3H3/b23-20+. The summed E-state index contributed by atoms with van der Waals surface area (Å²) in [7, 11) is 1.62. The Labute approximate surface area is 164 Å². The van der Waals surface area contributed by atoms with Crippen LogP contribution >= 0.6 is 11.3 Å². The van der Waals surface area contributed by atoms with E-state index in [1.54, 1.807) is 35.5 Å². The van der Waals surface area contributed by atoms with E-state index in [1.165, 1.54) is 4.88 Å². The topological polar surface area (TPSA) is 53.9 Å². The Kier molecular flexibility index (Phi) is 8.32. The number of nitrogens with zero attached hydrogens (tertiary/aromatic N) is 2. The van der Waals surface area contributed by atoms with Crippen molar-refractivity contribution < 1.29 is 9.53 Å². The van der Waals surface area contributed by atoms with Crippen molar-refractivity contribution in [3.8, 4) is 5.75 Å². The lowest BCUT2D eigenvalue weighted by Crippen LogP contribution is -2.37. The van der Waals surface area contributed by atoms with Crippen LogP contribution in [0.3, 0.4) is 0 Å². The molecule has 0 radical (unpaired) electrons. The van der Waals surface area contributed by atoms with Gasteiger partial charge in [-0.1, -0.05) is 18.2 Å². The summed E-state index contributed by atoms with van der Waals surface area (Å²) in [6, 6.07) is 11.5. The molecule has 2 rings (SSSR count). The first-order valence-corrected chi connectivity index (χ1v) is 9.56. The molecule has 1 amide bonds. The van der Waals surface area contributed by atoms with E-state index in [0.29, 0.717) is 25.2 Å². The zero-order chi connectivity index (χ0) is 19.5. The molecule has 0 spiro atoms. The minimum absolute atomic E-state index is 0.118. The molecule has 0 atom stereocenters. The van der Waals surface area contributed by atoms with E-state index in [0.717, 1.165) is 17.9 Å². The molecule has 1 aromatic heterocycles. The first kappa shape index (κ1) is 20.5. The summed E-state index contributed by atoms with van der Waals surface area (Å²) in [4.78, 5) is 15.8. The van der Waals surface area contributed by atoms with Gasteiger partial charge in [0.05, 0.1) is 12.8 Å². The minimum atomic E-state index is -0.118. The van der Waals surface area contributed by atoms with Crippen molar-refractivity contribution >= 4 is 28.6 Å². The quantitative estimate of drug-likeness (QED) is 0.356. The lowest BCUT2D eigenvalue weighted by atomic mass is 10.1. The van der Waals surface area contributed by atoms with Gasteiger partial charge in [0.1, 0.15) is 11.5 Å². The minimum Gasteiger partial charge on any atom is -0.497 e. The van der Waals surface area contributed by atoms with Crippen molar-refractivity contribution in [2.45, 2.75) is 12.8 Å². The number of ether oxygens (including phenoxy) is 1. The second-order valence-corrected chi connectivity index (χ2v) is 6.80. The van der Waals surface area contributed by atoms with Gasteiger partial charge in [-0.05, 0) is 42.1 Å². The number of hydrogen-bond donors (Lipinski definition) is 1. The van der Waals surface area contributed by atoms with Crippen LogP contribution in [0.5, 0.6) is 5.75 Å². The van der Waals surface area contributed by atoms with Crippen molar-refractivity contribution in [2.75, 3.05) is 25.6 Å². The molecule has 5 nitrogen and oxygen atoms in total. The average Bonchev–Trinajstić information content (AvgIpc) is 3.21. The van der Waals surface area contributed by atoms with E-state index in [2.05, 4.69) is 29.8 Å². The summed E-state index contributed by atoms with van der Waals surface area (Å²) in [5.74, 6) is 0.647. The fourth-order valence-electron chi connectivity index (χ4n) is 2.44. The number of methoxy groups -OCH3 is 1. The molecule has 0 saturated carbocycles. The Morgan fingerprint density at radius 2 is 1.93 bits per heavy atom. The lowest BCUT2D eigenvalue weighted by molar-refractivity contribution is -0.123.